The average Bonchev–Trinajstić information content (AvgIpc) is 3.17. The van der Waals surface area contributed by atoms with Crippen LogP contribution in [-0.2, 0) is 0 Å². The van der Waals surface area contributed by atoms with Crippen LogP contribution in [0.25, 0.3) is 0 Å². The summed E-state index contributed by atoms with van der Waals surface area (Å²) in [5.74, 6) is -0.865. The number of hydrogen-bond donors (Lipinski definition) is 2. The van der Waals surface area contributed by atoms with Gasteiger partial charge in [-0.3, -0.25) is 9.59 Å². The zero-order valence-corrected chi connectivity index (χ0v) is 16.2. The number of amides is 2. The monoisotopic (exact) mass is 389 g/mol. The molecule has 27 heavy (non-hydrogen) atoms. The molecular formula is C20H24FN3O2S. The summed E-state index contributed by atoms with van der Waals surface area (Å²) in [6, 6.07) is 5.63. The lowest BCUT2D eigenvalue weighted by Crippen LogP contribution is -2.55. The summed E-state index contributed by atoms with van der Waals surface area (Å²) in [6.45, 7) is 2.09. The van der Waals surface area contributed by atoms with Crippen LogP contribution >= 0.6 is 11.3 Å². The first-order chi connectivity index (χ1) is 13.0. The number of nitrogens with zero attached hydrogens (tertiary/aromatic N) is 1. The van der Waals surface area contributed by atoms with Crippen molar-refractivity contribution in [3.63, 3.8) is 0 Å². The first-order valence-electron chi connectivity index (χ1n) is 9.30. The molecule has 0 bridgehead atoms. The van der Waals surface area contributed by atoms with Gasteiger partial charge in [0.05, 0.1) is 0 Å². The fourth-order valence-corrected chi connectivity index (χ4v) is 4.43. The van der Waals surface area contributed by atoms with Crippen LogP contribution in [0.5, 0.6) is 0 Å². The van der Waals surface area contributed by atoms with E-state index in [-0.39, 0.29) is 23.4 Å². The highest BCUT2D eigenvalue weighted by Crippen LogP contribution is 2.33. The summed E-state index contributed by atoms with van der Waals surface area (Å²) in [6.07, 6.45) is 6.70. The van der Waals surface area contributed by atoms with Gasteiger partial charge in [0.15, 0.2) is 5.01 Å². The molecule has 0 aliphatic heterocycles. The number of thiazole rings is 1. The van der Waals surface area contributed by atoms with Gasteiger partial charge in [-0.1, -0.05) is 19.4 Å². The molecule has 0 saturated heterocycles. The van der Waals surface area contributed by atoms with Gasteiger partial charge in [0, 0.05) is 28.7 Å². The quantitative estimate of drug-likeness (QED) is 0.787. The minimum absolute atomic E-state index is 0.0577. The summed E-state index contributed by atoms with van der Waals surface area (Å²) in [5.41, 5.74) is -0.0381. The van der Waals surface area contributed by atoms with Crippen molar-refractivity contribution in [1.82, 2.24) is 15.6 Å². The Morgan fingerprint density at radius 3 is 2.93 bits per heavy atom. The zero-order valence-electron chi connectivity index (χ0n) is 15.3. The Kier molecular flexibility index (Phi) is 6.21. The van der Waals surface area contributed by atoms with Crippen LogP contribution in [0.3, 0.4) is 0 Å². The van der Waals surface area contributed by atoms with Gasteiger partial charge in [0.1, 0.15) is 5.82 Å². The van der Waals surface area contributed by atoms with E-state index in [0.29, 0.717) is 17.0 Å². The number of carbonyl (C=O) groups excluding carboxylic acids is 2. The Morgan fingerprint density at radius 2 is 2.22 bits per heavy atom. The first-order valence-corrected chi connectivity index (χ1v) is 10.2. The normalized spacial score (nSPS) is 22.2. The van der Waals surface area contributed by atoms with E-state index in [0.717, 1.165) is 32.1 Å². The topological polar surface area (TPSA) is 71.1 Å². The third-order valence-corrected chi connectivity index (χ3v) is 5.77. The van der Waals surface area contributed by atoms with E-state index in [9.17, 15) is 14.0 Å². The fraction of sp³-hybridized carbons (Fsp3) is 0.450. The molecule has 1 saturated carbocycles. The van der Waals surface area contributed by atoms with Crippen molar-refractivity contribution in [2.45, 2.75) is 57.0 Å². The molecular weight excluding hydrogens is 365 g/mol. The van der Waals surface area contributed by atoms with Crippen LogP contribution in [0.15, 0.2) is 35.8 Å². The average molecular weight is 389 g/mol. The van der Waals surface area contributed by atoms with Crippen molar-refractivity contribution in [3.8, 4) is 0 Å². The van der Waals surface area contributed by atoms with Crippen molar-refractivity contribution in [3.05, 3.63) is 52.2 Å². The predicted octanol–water partition coefficient (Wildman–Crippen LogP) is 3.92. The molecule has 5 nitrogen and oxygen atoms in total. The molecule has 2 N–H and O–H groups in total. The van der Waals surface area contributed by atoms with E-state index in [1.807, 2.05) is 0 Å². The third kappa shape index (κ3) is 4.91. The van der Waals surface area contributed by atoms with Gasteiger partial charge < -0.3 is 10.6 Å². The molecule has 0 spiro atoms. The summed E-state index contributed by atoms with van der Waals surface area (Å²) in [5, 5.41) is 8.44. The molecule has 1 aromatic heterocycles. The maximum absolute atomic E-state index is 13.4. The smallest absolute Gasteiger partial charge is 0.280 e. The minimum Gasteiger partial charge on any atom is -0.349 e. The summed E-state index contributed by atoms with van der Waals surface area (Å²) in [4.78, 5) is 29.1. The Morgan fingerprint density at radius 1 is 1.37 bits per heavy atom. The fourth-order valence-electron chi connectivity index (χ4n) is 3.90. The number of carbonyl (C=O) groups is 2. The van der Waals surface area contributed by atoms with E-state index in [1.165, 1.54) is 29.5 Å². The van der Waals surface area contributed by atoms with E-state index < -0.39 is 5.82 Å². The van der Waals surface area contributed by atoms with E-state index >= 15 is 0 Å². The maximum Gasteiger partial charge on any atom is 0.280 e. The highest BCUT2D eigenvalue weighted by Gasteiger charge is 2.38. The molecule has 2 unspecified atom stereocenters. The number of hydrogen-bond acceptors (Lipinski definition) is 4. The molecule has 1 heterocycles. The second kappa shape index (κ2) is 8.61. The van der Waals surface area contributed by atoms with Crippen molar-refractivity contribution in [2.75, 3.05) is 0 Å². The van der Waals surface area contributed by atoms with Crippen molar-refractivity contribution in [1.29, 1.82) is 0 Å². The molecule has 3 rings (SSSR count). The van der Waals surface area contributed by atoms with Gasteiger partial charge in [-0.2, -0.15) is 0 Å². The molecule has 1 aliphatic carbocycles. The molecule has 1 fully saturated rings. The van der Waals surface area contributed by atoms with Crippen LogP contribution in [-0.4, -0.2) is 28.4 Å². The molecule has 7 heteroatoms. The number of nitrogens with one attached hydrogen (secondary N) is 2. The first kappa shape index (κ1) is 19.5. The largest absolute Gasteiger partial charge is 0.349 e. The number of benzene rings is 1. The number of aromatic nitrogens is 1. The van der Waals surface area contributed by atoms with Gasteiger partial charge in [-0.05, 0) is 50.3 Å². The second-order valence-corrected chi connectivity index (χ2v) is 7.99. The highest BCUT2D eigenvalue weighted by molar-refractivity contribution is 7.11. The Hall–Kier alpha value is -2.28. The lowest BCUT2D eigenvalue weighted by Gasteiger charge is -2.41. The Bertz CT molecular complexity index is 792. The summed E-state index contributed by atoms with van der Waals surface area (Å²) < 4.78 is 13.4. The molecule has 2 atom stereocenters. The third-order valence-electron chi connectivity index (χ3n) is 5.00. The lowest BCUT2D eigenvalue weighted by atomic mass is 9.76. The van der Waals surface area contributed by atoms with Crippen LogP contribution in [0.1, 0.15) is 65.6 Å². The van der Waals surface area contributed by atoms with Crippen molar-refractivity contribution >= 4 is 23.2 Å². The molecule has 1 aromatic carbocycles. The number of halogens is 1. The zero-order chi connectivity index (χ0) is 19.3. The molecule has 2 aromatic rings. The van der Waals surface area contributed by atoms with E-state index in [2.05, 4.69) is 22.5 Å². The van der Waals surface area contributed by atoms with Crippen LogP contribution in [0.2, 0.25) is 0 Å². The van der Waals surface area contributed by atoms with Crippen LogP contribution < -0.4 is 10.6 Å². The van der Waals surface area contributed by atoms with Crippen LogP contribution in [0.4, 0.5) is 4.39 Å². The van der Waals surface area contributed by atoms with Gasteiger partial charge in [-0.15, -0.1) is 11.3 Å². The Balaban J connectivity index is 1.69. The number of rotatable bonds is 6. The van der Waals surface area contributed by atoms with Gasteiger partial charge in [-0.25, -0.2) is 9.37 Å². The Labute approximate surface area is 162 Å². The van der Waals surface area contributed by atoms with E-state index in [4.69, 9.17) is 0 Å². The molecule has 1 aliphatic rings. The minimum atomic E-state index is -0.428. The maximum atomic E-state index is 13.4. The van der Waals surface area contributed by atoms with Crippen molar-refractivity contribution in [2.24, 2.45) is 0 Å². The van der Waals surface area contributed by atoms with E-state index in [1.54, 1.807) is 17.6 Å². The lowest BCUT2D eigenvalue weighted by molar-refractivity contribution is 0.0818. The molecule has 2 amide bonds. The highest BCUT2D eigenvalue weighted by atomic mass is 32.1. The van der Waals surface area contributed by atoms with Crippen molar-refractivity contribution < 1.29 is 14.0 Å². The standard InChI is InChI=1S/C20H24FN3O2S/c1-2-8-20(24-18(26)19-22-10-11-27-19)9-4-7-16(13-20)23-17(25)14-5-3-6-15(21)12-14/h3,5-6,10-12,16H,2,4,7-9,13H2,1H3,(H,23,25)(H,24,26). The predicted molar refractivity (Wildman–Crippen MR) is 103 cm³/mol. The SMILES string of the molecule is CCCC1(NC(=O)c2nccs2)CCCC(NC(=O)c2cccc(F)c2)C1. The second-order valence-electron chi connectivity index (χ2n) is 7.10. The summed E-state index contributed by atoms with van der Waals surface area (Å²) in [7, 11) is 0. The van der Waals surface area contributed by atoms with Gasteiger partial charge in [0.25, 0.3) is 11.8 Å². The van der Waals surface area contributed by atoms with Gasteiger partial charge in [0.2, 0.25) is 0 Å². The molecule has 0 radical (unpaired) electrons. The van der Waals surface area contributed by atoms with Crippen LogP contribution in [0, 0.1) is 5.82 Å². The molecule has 144 valence electrons. The van der Waals surface area contributed by atoms with Gasteiger partial charge >= 0.3 is 0 Å². The summed E-state index contributed by atoms with van der Waals surface area (Å²) >= 11 is 1.32.